The Morgan fingerprint density at radius 2 is 1.81 bits per heavy atom. The molecule has 1 N–H and O–H groups in total. The topological polar surface area (TPSA) is 107 Å². The van der Waals surface area contributed by atoms with Gasteiger partial charge in [-0.3, -0.25) is 14.6 Å². The lowest BCUT2D eigenvalue weighted by Crippen LogP contribution is -2.39. The highest BCUT2D eigenvalue weighted by atomic mass is 16.6. The van der Waals surface area contributed by atoms with Crippen LogP contribution < -0.4 is 0 Å². The molecule has 1 rings (SSSR count). The molecule has 0 aromatic heterocycles. The van der Waals surface area contributed by atoms with Gasteiger partial charge in [0.1, 0.15) is 6.61 Å². The zero-order chi connectivity index (χ0) is 15.7. The van der Waals surface area contributed by atoms with Crippen LogP contribution in [-0.4, -0.2) is 81.7 Å². The van der Waals surface area contributed by atoms with Gasteiger partial charge in [0.25, 0.3) is 0 Å². The summed E-state index contributed by atoms with van der Waals surface area (Å²) < 4.78 is 19.6. The van der Waals surface area contributed by atoms with Crippen molar-refractivity contribution in [1.29, 1.82) is 0 Å². The maximum Gasteiger partial charge on any atom is 0.329 e. The highest BCUT2D eigenvalue weighted by Gasteiger charge is 2.36. The number of esters is 2. The Bertz CT molecular complexity index is 364. The van der Waals surface area contributed by atoms with E-state index in [1.165, 1.54) is 0 Å². The minimum atomic E-state index is -1.42. The van der Waals surface area contributed by atoms with Crippen molar-refractivity contribution in [1.82, 2.24) is 5.01 Å². The number of rotatable bonds is 6. The first-order valence-corrected chi connectivity index (χ1v) is 6.44. The SMILES string of the molecule is COC(=O)C(C(=O)OC)/C(=N/N1CCOCC1)OCCO. The van der Waals surface area contributed by atoms with E-state index in [1.54, 1.807) is 5.01 Å². The van der Waals surface area contributed by atoms with Crippen molar-refractivity contribution in [3.8, 4) is 0 Å². The summed E-state index contributed by atoms with van der Waals surface area (Å²) >= 11 is 0. The van der Waals surface area contributed by atoms with Crippen LogP contribution in [0.5, 0.6) is 0 Å². The van der Waals surface area contributed by atoms with Crippen molar-refractivity contribution in [2.24, 2.45) is 11.0 Å². The van der Waals surface area contributed by atoms with Gasteiger partial charge in [-0.15, -0.1) is 5.10 Å². The van der Waals surface area contributed by atoms with E-state index < -0.39 is 17.9 Å². The van der Waals surface area contributed by atoms with Crippen molar-refractivity contribution in [3.63, 3.8) is 0 Å². The van der Waals surface area contributed by atoms with E-state index in [0.717, 1.165) is 14.2 Å². The lowest BCUT2D eigenvalue weighted by Gasteiger charge is -2.25. The maximum absolute atomic E-state index is 11.8. The fourth-order valence-corrected chi connectivity index (χ4v) is 1.65. The van der Waals surface area contributed by atoms with E-state index in [-0.39, 0.29) is 19.1 Å². The van der Waals surface area contributed by atoms with Gasteiger partial charge in [0.05, 0.1) is 47.1 Å². The average molecular weight is 304 g/mol. The molecule has 9 nitrogen and oxygen atoms in total. The zero-order valence-electron chi connectivity index (χ0n) is 12.1. The summed E-state index contributed by atoms with van der Waals surface area (Å²) in [6.07, 6.45) is 0. The first kappa shape index (κ1) is 17.2. The number of nitrogens with zero attached hydrogens (tertiary/aromatic N) is 2. The van der Waals surface area contributed by atoms with Crippen molar-refractivity contribution in [2.45, 2.75) is 0 Å². The predicted octanol–water partition coefficient (Wildman–Crippen LogP) is -1.40. The van der Waals surface area contributed by atoms with Crippen LogP contribution in [0.4, 0.5) is 0 Å². The summed E-state index contributed by atoms with van der Waals surface area (Å²) in [4.78, 5) is 23.5. The number of carbonyl (C=O) groups excluding carboxylic acids is 2. The fourth-order valence-electron chi connectivity index (χ4n) is 1.65. The molecule has 0 spiro atoms. The third kappa shape index (κ3) is 5.20. The second-order valence-electron chi connectivity index (χ2n) is 4.06. The van der Waals surface area contributed by atoms with E-state index >= 15 is 0 Å². The summed E-state index contributed by atoms with van der Waals surface area (Å²) in [6.45, 7) is 1.59. The molecule has 0 bridgehead atoms. The third-order valence-electron chi connectivity index (χ3n) is 2.69. The van der Waals surface area contributed by atoms with Crippen LogP contribution in [0.25, 0.3) is 0 Å². The Morgan fingerprint density at radius 1 is 1.24 bits per heavy atom. The second kappa shape index (κ2) is 9.14. The van der Waals surface area contributed by atoms with E-state index in [0.29, 0.717) is 26.3 Å². The second-order valence-corrected chi connectivity index (χ2v) is 4.06. The zero-order valence-corrected chi connectivity index (χ0v) is 12.1. The van der Waals surface area contributed by atoms with E-state index in [1.807, 2.05) is 0 Å². The third-order valence-corrected chi connectivity index (χ3v) is 2.69. The molecule has 0 aliphatic carbocycles. The van der Waals surface area contributed by atoms with Gasteiger partial charge in [0.2, 0.25) is 11.8 Å². The van der Waals surface area contributed by atoms with Crippen LogP contribution in [0.2, 0.25) is 0 Å². The van der Waals surface area contributed by atoms with Crippen molar-refractivity contribution >= 4 is 17.8 Å². The molecule has 1 fully saturated rings. The molecule has 0 saturated carbocycles. The Kier molecular flexibility index (Phi) is 7.48. The van der Waals surface area contributed by atoms with Crippen LogP contribution >= 0.6 is 0 Å². The number of carbonyl (C=O) groups is 2. The summed E-state index contributed by atoms with van der Waals surface area (Å²) in [7, 11) is 2.30. The number of aliphatic hydroxyl groups excluding tert-OH is 1. The van der Waals surface area contributed by atoms with Gasteiger partial charge >= 0.3 is 11.9 Å². The molecule has 0 atom stereocenters. The molecule has 0 radical (unpaired) electrons. The predicted molar refractivity (Wildman–Crippen MR) is 70.4 cm³/mol. The molecular weight excluding hydrogens is 284 g/mol. The Labute approximate surface area is 122 Å². The first-order valence-electron chi connectivity index (χ1n) is 6.44. The van der Waals surface area contributed by atoms with Crippen LogP contribution in [0.3, 0.4) is 0 Å². The van der Waals surface area contributed by atoms with Crippen molar-refractivity contribution in [2.75, 3.05) is 53.7 Å². The van der Waals surface area contributed by atoms with Crippen LogP contribution in [-0.2, 0) is 28.5 Å². The number of methoxy groups -OCH3 is 2. The fraction of sp³-hybridized carbons (Fsp3) is 0.750. The van der Waals surface area contributed by atoms with Gasteiger partial charge < -0.3 is 24.1 Å². The highest BCUT2D eigenvalue weighted by Crippen LogP contribution is 2.10. The number of hydrogen-bond acceptors (Lipinski definition) is 9. The normalized spacial score (nSPS) is 15.8. The van der Waals surface area contributed by atoms with E-state index in [9.17, 15) is 9.59 Å². The molecule has 1 aliphatic heterocycles. The number of hydrogen-bond donors (Lipinski definition) is 1. The Hall–Kier alpha value is -1.87. The molecule has 0 unspecified atom stereocenters. The quantitative estimate of drug-likeness (QED) is 0.276. The van der Waals surface area contributed by atoms with Crippen molar-refractivity contribution < 1.29 is 33.6 Å². The van der Waals surface area contributed by atoms with E-state index in [4.69, 9.17) is 14.6 Å². The first-order chi connectivity index (χ1) is 10.1. The molecular formula is C12H20N2O7. The lowest BCUT2D eigenvalue weighted by atomic mass is 10.1. The Morgan fingerprint density at radius 3 is 2.29 bits per heavy atom. The van der Waals surface area contributed by atoms with Gasteiger partial charge in [-0.1, -0.05) is 0 Å². The van der Waals surface area contributed by atoms with Crippen molar-refractivity contribution in [3.05, 3.63) is 0 Å². The van der Waals surface area contributed by atoms with Crippen LogP contribution in [0.15, 0.2) is 5.10 Å². The molecule has 1 saturated heterocycles. The summed E-state index contributed by atoms with van der Waals surface area (Å²) in [5.74, 6) is -3.27. The molecule has 0 amide bonds. The average Bonchev–Trinajstić information content (AvgIpc) is 2.53. The van der Waals surface area contributed by atoms with Gasteiger partial charge in [-0.2, -0.15) is 0 Å². The van der Waals surface area contributed by atoms with E-state index in [2.05, 4.69) is 14.6 Å². The molecule has 1 heterocycles. The molecule has 1 aliphatic rings. The minimum Gasteiger partial charge on any atom is -0.476 e. The summed E-state index contributed by atoms with van der Waals surface area (Å²) in [5, 5.41) is 14.6. The van der Waals surface area contributed by atoms with Gasteiger partial charge in [-0.25, -0.2) is 0 Å². The standard InChI is InChI=1S/C12H20N2O7/c1-18-11(16)9(12(17)19-2)10(21-8-5-15)13-14-3-6-20-7-4-14/h9,15H,3-8H2,1-2H3/b13-10-. The molecule has 0 aromatic carbocycles. The largest absolute Gasteiger partial charge is 0.476 e. The van der Waals surface area contributed by atoms with Crippen LogP contribution in [0.1, 0.15) is 0 Å². The number of ether oxygens (including phenoxy) is 4. The summed E-state index contributed by atoms with van der Waals surface area (Å²) in [5.41, 5.74) is 0. The number of hydrazone groups is 1. The highest BCUT2D eigenvalue weighted by molar-refractivity contribution is 6.14. The molecule has 9 heteroatoms. The maximum atomic E-state index is 11.8. The molecule has 120 valence electrons. The Balaban J connectivity index is 2.96. The minimum absolute atomic E-state index is 0.104. The van der Waals surface area contributed by atoms with Crippen LogP contribution in [0, 0.1) is 5.92 Å². The number of aliphatic hydroxyl groups is 1. The lowest BCUT2D eigenvalue weighted by molar-refractivity contribution is -0.155. The van der Waals surface area contributed by atoms with Gasteiger partial charge in [0, 0.05) is 0 Å². The number of morpholine rings is 1. The monoisotopic (exact) mass is 304 g/mol. The molecule has 21 heavy (non-hydrogen) atoms. The smallest absolute Gasteiger partial charge is 0.329 e. The summed E-state index contributed by atoms with van der Waals surface area (Å²) in [6, 6.07) is 0. The van der Waals surface area contributed by atoms with Gasteiger partial charge in [-0.05, 0) is 0 Å². The molecule has 0 aromatic rings. The van der Waals surface area contributed by atoms with Gasteiger partial charge in [0.15, 0.2) is 0 Å².